The highest BCUT2D eigenvalue weighted by atomic mass is 32.2. The average Bonchev–Trinajstić information content (AvgIpc) is 2.19. The van der Waals surface area contributed by atoms with Crippen molar-refractivity contribution in [1.29, 1.82) is 0 Å². The predicted octanol–water partition coefficient (Wildman–Crippen LogP) is 0.818. The third kappa shape index (κ3) is 2.43. The van der Waals surface area contributed by atoms with Gasteiger partial charge in [-0.2, -0.15) is 0 Å². The second-order valence-corrected chi connectivity index (χ2v) is 5.56. The summed E-state index contributed by atoms with van der Waals surface area (Å²) in [6.45, 7) is 0. The molecule has 5 heteroatoms. The number of hydrogen-bond donors (Lipinski definition) is 0. The van der Waals surface area contributed by atoms with Gasteiger partial charge in [0.1, 0.15) is 6.29 Å². The third-order valence-corrected chi connectivity index (χ3v) is 4.12. The van der Waals surface area contributed by atoms with Gasteiger partial charge in [0.2, 0.25) is 10.0 Å². The summed E-state index contributed by atoms with van der Waals surface area (Å²) >= 11 is 0. The van der Waals surface area contributed by atoms with Crippen molar-refractivity contribution in [1.82, 2.24) is 4.31 Å². The zero-order valence-corrected chi connectivity index (χ0v) is 9.44. The van der Waals surface area contributed by atoms with E-state index in [1.807, 2.05) is 0 Å². The van der Waals surface area contributed by atoms with Gasteiger partial charge in [-0.15, -0.1) is 0 Å². The molecule has 0 aromatic heterocycles. The van der Waals surface area contributed by atoms with Crippen LogP contribution in [0.2, 0.25) is 0 Å². The van der Waals surface area contributed by atoms with E-state index in [0.717, 1.165) is 4.31 Å². The van der Waals surface area contributed by atoms with Gasteiger partial charge in [0.05, 0.1) is 0 Å². The number of sulfonamides is 1. The quantitative estimate of drug-likeness (QED) is 0.715. The molecule has 0 aliphatic heterocycles. The van der Waals surface area contributed by atoms with Gasteiger partial charge in [-0.25, -0.2) is 12.7 Å². The maximum atomic E-state index is 11.8. The first-order valence-electron chi connectivity index (χ1n) is 4.41. The highest BCUT2D eigenvalue weighted by Crippen LogP contribution is 2.21. The second-order valence-electron chi connectivity index (χ2n) is 3.29. The summed E-state index contributed by atoms with van der Waals surface area (Å²) in [5.41, 5.74) is 0.487. The van der Waals surface area contributed by atoms with Crippen LogP contribution >= 0.6 is 0 Å². The minimum Gasteiger partial charge on any atom is -0.301 e. The molecule has 1 aromatic carbocycles. The second kappa shape index (κ2) is 4.55. The molecule has 1 atom stereocenters. The van der Waals surface area contributed by atoms with Crippen LogP contribution in [0.5, 0.6) is 0 Å². The average molecular weight is 227 g/mol. The van der Waals surface area contributed by atoms with Crippen molar-refractivity contribution in [2.75, 3.05) is 14.1 Å². The van der Waals surface area contributed by atoms with Crippen molar-refractivity contribution in [3.05, 3.63) is 35.9 Å². The number of carbonyl (C=O) groups is 1. The van der Waals surface area contributed by atoms with Gasteiger partial charge in [0, 0.05) is 14.1 Å². The Balaban J connectivity index is 3.17. The predicted molar refractivity (Wildman–Crippen MR) is 57.9 cm³/mol. The lowest BCUT2D eigenvalue weighted by Crippen LogP contribution is -2.29. The van der Waals surface area contributed by atoms with E-state index in [1.165, 1.54) is 14.1 Å². The zero-order valence-electron chi connectivity index (χ0n) is 8.62. The van der Waals surface area contributed by atoms with E-state index < -0.39 is 15.3 Å². The molecule has 0 N–H and O–H groups in total. The van der Waals surface area contributed by atoms with Crippen LogP contribution in [-0.2, 0) is 14.8 Å². The van der Waals surface area contributed by atoms with Crippen LogP contribution in [0.25, 0.3) is 0 Å². The molecule has 0 amide bonds. The van der Waals surface area contributed by atoms with Crippen LogP contribution in [0, 0.1) is 0 Å². The van der Waals surface area contributed by atoms with E-state index in [1.54, 1.807) is 30.3 Å². The summed E-state index contributed by atoms with van der Waals surface area (Å²) in [5, 5.41) is -1.12. The lowest BCUT2D eigenvalue weighted by Gasteiger charge is -2.17. The molecule has 0 aliphatic carbocycles. The van der Waals surface area contributed by atoms with Gasteiger partial charge in [-0.3, -0.25) is 0 Å². The molecular formula is C10H13NO3S. The van der Waals surface area contributed by atoms with E-state index in [0.29, 0.717) is 11.8 Å². The number of aldehydes is 1. The number of benzene rings is 1. The molecule has 0 radical (unpaired) electrons. The van der Waals surface area contributed by atoms with Crippen LogP contribution in [0.4, 0.5) is 0 Å². The number of nitrogens with zero attached hydrogens (tertiary/aromatic N) is 1. The molecule has 0 saturated heterocycles. The van der Waals surface area contributed by atoms with Gasteiger partial charge >= 0.3 is 0 Å². The van der Waals surface area contributed by atoms with Crippen LogP contribution in [0.1, 0.15) is 10.8 Å². The molecule has 0 fully saturated rings. The Bertz CT molecular complexity index is 425. The normalized spacial score (nSPS) is 13.8. The largest absolute Gasteiger partial charge is 0.301 e. The third-order valence-electron chi connectivity index (χ3n) is 2.08. The first kappa shape index (κ1) is 11.9. The Kier molecular flexibility index (Phi) is 3.60. The van der Waals surface area contributed by atoms with E-state index >= 15 is 0 Å². The van der Waals surface area contributed by atoms with E-state index in [4.69, 9.17) is 0 Å². The van der Waals surface area contributed by atoms with Gasteiger partial charge in [0.25, 0.3) is 0 Å². The van der Waals surface area contributed by atoms with Crippen LogP contribution in [-0.4, -0.2) is 33.1 Å². The summed E-state index contributed by atoms with van der Waals surface area (Å²) in [5.74, 6) is 0. The maximum absolute atomic E-state index is 11.8. The molecule has 0 bridgehead atoms. The Hall–Kier alpha value is -1.20. The fraction of sp³-hybridized carbons (Fsp3) is 0.300. The zero-order chi connectivity index (χ0) is 11.5. The Morgan fingerprint density at radius 3 is 2.13 bits per heavy atom. The summed E-state index contributed by atoms with van der Waals surface area (Å²) in [4.78, 5) is 10.9. The summed E-state index contributed by atoms with van der Waals surface area (Å²) in [6.07, 6.45) is 0.449. The molecule has 4 nitrogen and oxygen atoms in total. The molecule has 82 valence electrons. The molecule has 0 spiro atoms. The maximum Gasteiger partial charge on any atom is 0.227 e. The van der Waals surface area contributed by atoms with Crippen LogP contribution in [0.3, 0.4) is 0 Å². The number of rotatable bonds is 4. The molecule has 15 heavy (non-hydrogen) atoms. The topological polar surface area (TPSA) is 54.5 Å². The molecule has 1 unspecified atom stereocenters. The van der Waals surface area contributed by atoms with Gasteiger partial charge in [-0.05, 0) is 5.56 Å². The van der Waals surface area contributed by atoms with E-state index in [9.17, 15) is 13.2 Å². The SMILES string of the molecule is CN(C)S(=O)(=O)C(C=O)c1ccccc1. The van der Waals surface area contributed by atoms with Crippen molar-refractivity contribution >= 4 is 16.3 Å². The molecule has 1 aromatic rings. The van der Waals surface area contributed by atoms with Crippen molar-refractivity contribution in [3.8, 4) is 0 Å². The molecule has 0 heterocycles. The fourth-order valence-electron chi connectivity index (χ4n) is 1.19. The first-order valence-corrected chi connectivity index (χ1v) is 5.92. The molecular weight excluding hydrogens is 214 g/mol. The van der Waals surface area contributed by atoms with E-state index in [2.05, 4.69) is 0 Å². The van der Waals surface area contributed by atoms with Crippen molar-refractivity contribution in [2.24, 2.45) is 0 Å². The monoisotopic (exact) mass is 227 g/mol. The summed E-state index contributed by atoms with van der Waals surface area (Å²) in [7, 11) is -0.754. The molecule has 0 saturated carbocycles. The van der Waals surface area contributed by atoms with Crippen LogP contribution in [0.15, 0.2) is 30.3 Å². The van der Waals surface area contributed by atoms with Crippen molar-refractivity contribution in [3.63, 3.8) is 0 Å². The standard InChI is InChI=1S/C10H13NO3S/c1-11(2)15(13,14)10(8-12)9-6-4-3-5-7-9/h3-8,10H,1-2H3. The summed E-state index contributed by atoms with van der Waals surface area (Å²) in [6, 6.07) is 8.43. The molecule has 0 aliphatic rings. The summed E-state index contributed by atoms with van der Waals surface area (Å²) < 4.78 is 24.6. The number of hydrogen-bond acceptors (Lipinski definition) is 3. The minimum absolute atomic E-state index is 0.449. The van der Waals surface area contributed by atoms with Gasteiger partial charge in [0.15, 0.2) is 5.25 Å². The van der Waals surface area contributed by atoms with E-state index in [-0.39, 0.29) is 0 Å². The van der Waals surface area contributed by atoms with Crippen LogP contribution < -0.4 is 0 Å². The van der Waals surface area contributed by atoms with Crippen molar-refractivity contribution < 1.29 is 13.2 Å². The lowest BCUT2D eigenvalue weighted by atomic mass is 10.2. The highest BCUT2D eigenvalue weighted by molar-refractivity contribution is 7.90. The first-order chi connectivity index (χ1) is 7.00. The van der Waals surface area contributed by atoms with Gasteiger partial charge in [-0.1, -0.05) is 30.3 Å². The molecule has 1 rings (SSSR count). The lowest BCUT2D eigenvalue weighted by molar-refractivity contribution is -0.107. The highest BCUT2D eigenvalue weighted by Gasteiger charge is 2.28. The Morgan fingerprint density at radius 2 is 1.73 bits per heavy atom. The smallest absolute Gasteiger partial charge is 0.227 e. The minimum atomic E-state index is -3.58. The van der Waals surface area contributed by atoms with Crippen molar-refractivity contribution in [2.45, 2.75) is 5.25 Å². The fourth-order valence-corrected chi connectivity index (χ4v) is 2.29. The number of carbonyl (C=O) groups excluding carboxylic acids is 1. The van der Waals surface area contributed by atoms with Gasteiger partial charge < -0.3 is 4.79 Å². The Morgan fingerprint density at radius 1 is 1.20 bits per heavy atom. The Labute approximate surface area is 89.6 Å².